The Kier molecular flexibility index (Phi) is 2.16. The zero-order valence-electron chi connectivity index (χ0n) is 5.84. The van der Waals surface area contributed by atoms with Gasteiger partial charge in [0.05, 0.1) is 5.04 Å². The fourth-order valence-electron chi connectivity index (χ4n) is 0.616. The van der Waals surface area contributed by atoms with Gasteiger partial charge >= 0.3 is 0 Å². The minimum atomic E-state index is -0.231. The van der Waals surface area contributed by atoms with Crippen molar-refractivity contribution < 1.29 is 4.79 Å². The highest BCUT2D eigenvalue weighted by atomic mass is 32.2. The predicted molar refractivity (Wildman–Crippen MR) is 41.7 cm³/mol. The molecule has 1 atom stereocenters. The first-order valence-electron chi connectivity index (χ1n) is 2.92. The molecule has 1 rings (SSSR count). The van der Waals surface area contributed by atoms with E-state index in [1.807, 2.05) is 6.92 Å². The number of nitrogens with zero attached hydrogens (tertiary/aromatic N) is 1. The Morgan fingerprint density at radius 3 is 3.00 bits per heavy atom. The molecule has 1 aliphatic heterocycles. The van der Waals surface area contributed by atoms with Crippen molar-refractivity contribution in [2.24, 2.45) is 5.10 Å². The van der Waals surface area contributed by atoms with E-state index in [9.17, 15) is 4.79 Å². The molecule has 0 saturated heterocycles. The number of likely N-dealkylation sites (N-methyl/N-ethyl adjacent to an activating group) is 1. The number of nitrogens with one attached hydrogen (secondary N) is 2. The van der Waals surface area contributed by atoms with Gasteiger partial charge in [-0.2, -0.15) is 5.10 Å². The molecule has 10 heavy (non-hydrogen) atoms. The van der Waals surface area contributed by atoms with E-state index in [1.54, 1.807) is 7.05 Å². The summed E-state index contributed by atoms with van der Waals surface area (Å²) in [6.07, 6.45) is 0. The Bertz CT molecular complexity index is 180. The van der Waals surface area contributed by atoms with Gasteiger partial charge in [0.2, 0.25) is 0 Å². The van der Waals surface area contributed by atoms with Gasteiger partial charge in [-0.3, -0.25) is 10.2 Å². The Balaban J connectivity index is 2.42. The first-order valence-corrected chi connectivity index (χ1v) is 3.80. The summed E-state index contributed by atoms with van der Waals surface area (Å²) in [5.74, 6) is -0.0365. The molecule has 56 valence electrons. The van der Waals surface area contributed by atoms with Crippen LogP contribution in [-0.4, -0.2) is 23.4 Å². The maximum atomic E-state index is 10.9. The number of hydrazone groups is 1. The standard InChI is InChI=1S/C5H9N3OS/c1-3-7-8-5(10-3)4(9)6-2/h5,8H,1-2H3,(H,6,9). The number of hydrogen-bond donors (Lipinski definition) is 2. The molecular formula is C5H9N3OS. The van der Waals surface area contributed by atoms with Gasteiger partial charge < -0.3 is 5.32 Å². The van der Waals surface area contributed by atoms with Crippen LogP contribution in [0.4, 0.5) is 0 Å². The molecule has 0 aliphatic carbocycles. The van der Waals surface area contributed by atoms with Gasteiger partial charge in [0, 0.05) is 7.05 Å². The summed E-state index contributed by atoms with van der Waals surface area (Å²) in [5.41, 5.74) is 2.70. The molecule has 2 N–H and O–H groups in total. The summed E-state index contributed by atoms with van der Waals surface area (Å²) in [7, 11) is 1.61. The van der Waals surface area contributed by atoms with E-state index >= 15 is 0 Å². The topological polar surface area (TPSA) is 53.5 Å². The van der Waals surface area contributed by atoms with Crippen LogP contribution in [0.15, 0.2) is 5.10 Å². The van der Waals surface area contributed by atoms with Crippen molar-refractivity contribution >= 4 is 22.7 Å². The average Bonchev–Trinajstić information content (AvgIpc) is 2.34. The molecular weight excluding hydrogens is 150 g/mol. The summed E-state index contributed by atoms with van der Waals surface area (Å²) in [6.45, 7) is 1.86. The summed E-state index contributed by atoms with van der Waals surface area (Å²) < 4.78 is 0. The van der Waals surface area contributed by atoms with Crippen molar-refractivity contribution in [3.8, 4) is 0 Å². The average molecular weight is 159 g/mol. The second kappa shape index (κ2) is 2.92. The smallest absolute Gasteiger partial charge is 0.254 e. The molecule has 1 amide bonds. The molecule has 0 aromatic rings. The SMILES string of the molecule is CNC(=O)C1NN=C(C)S1. The van der Waals surface area contributed by atoms with Crippen LogP contribution < -0.4 is 10.7 Å². The summed E-state index contributed by atoms with van der Waals surface area (Å²) in [6, 6.07) is 0. The molecule has 0 spiro atoms. The van der Waals surface area contributed by atoms with Crippen molar-refractivity contribution in [2.45, 2.75) is 12.3 Å². The van der Waals surface area contributed by atoms with E-state index in [-0.39, 0.29) is 11.3 Å². The zero-order valence-corrected chi connectivity index (χ0v) is 6.66. The van der Waals surface area contributed by atoms with Gasteiger partial charge in [-0.25, -0.2) is 0 Å². The van der Waals surface area contributed by atoms with Crippen LogP contribution >= 0.6 is 11.8 Å². The number of hydrogen-bond acceptors (Lipinski definition) is 4. The van der Waals surface area contributed by atoms with Gasteiger partial charge in [-0.05, 0) is 6.92 Å². The first kappa shape index (κ1) is 7.40. The number of amides is 1. The highest BCUT2D eigenvalue weighted by Gasteiger charge is 2.22. The molecule has 0 aromatic heterocycles. The van der Waals surface area contributed by atoms with E-state index in [0.717, 1.165) is 5.04 Å². The van der Waals surface area contributed by atoms with Crippen molar-refractivity contribution in [3.05, 3.63) is 0 Å². The molecule has 1 aliphatic rings. The number of thioether (sulfide) groups is 1. The monoisotopic (exact) mass is 159 g/mol. The summed E-state index contributed by atoms with van der Waals surface area (Å²) >= 11 is 1.43. The number of carbonyl (C=O) groups excluding carboxylic acids is 1. The Morgan fingerprint density at radius 2 is 2.60 bits per heavy atom. The molecule has 1 unspecified atom stereocenters. The molecule has 0 radical (unpaired) electrons. The van der Waals surface area contributed by atoms with Crippen LogP contribution in [0.25, 0.3) is 0 Å². The Morgan fingerprint density at radius 1 is 1.90 bits per heavy atom. The maximum absolute atomic E-state index is 10.9. The second-order valence-corrected chi connectivity index (χ2v) is 3.17. The molecule has 4 nitrogen and oxygen atoms in total. The van der Waals surface area contributed by atoms with Crippen LogP contribution in [0.1, 0.15) is 6.92 Å². The predicted octanol–water partition coefficient (Wildman–Crippen LogP) is -0.272. The lowest BCUT2D eigenvalue weighted by Gasteiger charge is -2.04. The lowest BCUT2D eigenvalue weighted by Crippen LogP contribution is -2.35. The molecule has 0 saturated carbocycles. The van der Waals surface area contributed by atoms with Crippen molar-refractivity contribution in [1.82, 2.24) is 10.7 Å². The van der Waals surface area contributed by atoms with Crippen molar-refractivity contribution in [3.63, 3.8) is 0 Å². The van der Waals surface area contributed by atoms with Gasteiger partial charge in [0.1, 0.15) is 0 Å². The van der Waals surface area contributed by atoms with E-state index in [4.69, 9.17) is 0 Å². The molecule has 0 fully saturated rings. The number of carbonyl (C=O) groups is 1. The van der Waals surface area contributed by atoms with Crippen LogP contribution in [0.3, 0.4) is 0 Å². The van der Waals surface area contributed by atoms with Crippen LogP contribution in [0.2, 0.25) is 0 Å². The van der Waals surface area contributed by atoms with E-state index < -0.39 is 0 Å². The second-order valence-electron chi connectivity index (χ2n) is 1.87. The maximum Gasteiger partial charge on any atom is 0.254 e. The highest BCUT2D eigenvalue weighted by Crippen LogP contribution is 2.15. The van der Waals surface area contributed by atoms with Crippen LogP contribution in [-0.2, 0) is 4.79 Å². The van der Waals surface area contributed by atoms with E-state index in [0.29, 0.717) is 0 Å². The lowest BCUT2D eigenvalue weighted by atomic mass is 10.6. The minimum absolute atomic E-state index is 0.0365. The molecule has 0 bridgehead atoms. The van der Waals surface area contributed by atoms with Gasteiger partial charge in [0.15, 0.2) is 5.37 Å². The van der Waals surface area contributed by atoms with Gasteiger partial charge in [0.25, 0.3) is 5.91 Å². The Labute approximate surface area is 63.4 Å². The summed E-state index contributed by atoms with van der Waals surface area (Å²) in [5, 5.41) is 7.05. The largest absolute Gasteiger partial charge is 0.357 e. The Hall–Kier alpha value is -0.710. The lowest BCUT2D eigenvalue weighted by molar-refractivity contribution is -0.120. The third-order valence-electron chi connectivity index (χ3n) is 1.11. The van der Waals surface area contributed by atoms with Crippen LogP contribution in [0, 0.1) is 0 Å². The molecule has 0 aromatic carbocycles. The fourth-order valence-corrected chi connectivity index (χ4v) is 1.39. The zero-order chi connectivity index (χ0) is 7.56. The molecule has 1 heterocycles. The third-order valence-corrected chi connectivity index (χ3v) is 2.10. The summed E-state index contributed by atoms with van der Waals surface area (Å²) in [4.78, 5) is 10.9. The van der Waals surface area contributed by atoms with Gasteiger partial charge in [-0.1, -0.05) is 11.8 Å². The quantitative estimate of drug-likeness (QED) is 0.553. The molecule has 5 heteroatoms. The first-order chi connectivity index (χ1) is 4.74. The third kappa shape index (κ3) is 1.41. The van der Waals surface area contributed by atoms with E-state index in [1.165, 1.54) is 11.8 Å². The van der Waals surface area contributed by atoms with Crippen molar-refractivity contribution in [2.75, 3.05) is 7.05 Å². The highest BCUT2D eigenvalue weighted by molar-refractivity contribution is 8.15. The fraction of sp³-hybridized carbons (Fsp3) is 0.600. The number of rotatable bonds is 1. The van der Waals surface area contributed by atoms with Crippen molar-refractivity contribution in [1.29, 1.82) is 0 Å². The van der Waals surface area contributed by atoms with E-state index in [2.05, 4.69) is 15.8 Å². The minimum Gasteiger partial charge on any atom is -0.357 e. The normalized spacial score (nSPS) is 23.4. The van der Waals surface area contributed by atoms with Crippen LogP contribution in [0.5, 0.6) is 0 Å². The van der Waals surface area contributed by atoms with Gasteiger partial charge in [-0.15, -0.1) is 0 Å².